The van der Waals surface area contributed by atoms with Crippen LogP contribution in [0.15, 0.2) is 0 Å². The van der Waals surface area contributed by atoms with E-state index in [0.29, 0.717) is 12.0 Å². The van der Waals surface area contributed by atoms with E-state index < -0.39 is 5.60 Å². The van der Waals surface area contributed by atoms with Gasteiger partial charge in [0.25, 0.3) is 5.91 Å². The van der Waals surface area contributed by atoms with Gasteiger partial charge in [0.1, 0.15) is 5.60 Å². The quantitative estimate of drug-likeness (QED) is 0.767. The van der Waals surface area contributed by atoms with E-state index in [2.05, 4.69) is 10.2 Å². The second-order valence-electron chi connectivity index (χ2n) is 5.43. The second kappa shape index (κ2) is 4.34. The highest BCUT2D eigenvalue weighted by Crippen LogP contribution is 2.27. The standard InChI is InChI=1S/C12H22N2O2/c1-12(2,16-3)11(15)13-10-8-14-6-4-9(10)5-7-14/h9-10H,4-8H2,1-3H3,(H,13,15). The van der Waals surface area contributed by atoms with Crippen molar-refractivity contribution < 1.29 is 9.53 Å². The minimum Gasteiger partial charge on any atom is -0.369 e. The molecule has 3 aliphatic heterocycles. The van der Waals surface area contributed by atoms with Crippen LogP contribution < -0.4 is 5.32 Å². The van der Waals surface area contributed by atoms with Gasteiger partial charge in [0.05, 0.1) is 0 Å². The summed E-state index contributed by atoms with van der Waals surface area (Å²) in [5.74, 6) is 0.676. The van der Waals surface area contributed by atoms with Crippen LogP contribution in [0.2, 0.25) is 0 Å². The van der Waals surface area contributed by atoms with Crippen LogP contribution in [0.5, 0.6) is 0 Å². The van der Waals surface area contributed by atoms with Crippen molar-refractivity contribution in [3.63, 3.8) is 0 Å². The Labute approximate surface area is 97.3 Å². The molecular weight excluding hydrogens is 204 g/mol. The van der Waals surface area contributed by atoms with Crippen LogP contribution in [0.3, 0.4) is 0 Å². The third-order valence-corrected chi connectivity index (χ3v) is 4.03. The first-order chi connectivity index (χ1) is 7.53. The summed E-state index contributed by atoms with van der Waals surface area (Å²) >= 11 is 0. The molecule has 3 rings (SSSR count). The highest BCUT2D eigenvalue weighted by atomic mass is 16.5. The van der Waals surface area contributed by atoms with Gasteiger partial charge in [-0.05, 0) is 45.7 Å². The SMILES string of the molecule is COC(C)(C)C(=O)NC1CN2CCC1CC2. The van der Waals surface area contributed by atoms with Crippen molar-refractivity contribution in [3.05, 3.63) is 0 Å². The normalized spacial score (nSPS) is 33.8. The highest BCUT2D eigenvalue weighted by molar-refractivity contribution is 5.84. The van der Waals surface area contributed by atoms with Gasteiger partial charge < -0.3 is 15.0 Å². The Hall–Kier alpha value is -0.610. The van der Waals surface area contributed by atoms with Crippen molar-refractivity contribution >= 4 is 5.91 Å². The topological polar surface area (TPSA) is 41.6 Å². The molecule has 0 radical (unpaired) electrons. The van der Waals surface area contributed by atoms with E-state index in [1.165, 1.54) is 25.9 Å². The molecule has 3 saturated heterocycles. The smallest absolute Gasteiger partial charge is 0.251 e. The van der Waals surface area contributed by atoms with Crippen LogP contribution in [0.25, 0.3) is 0 Å². The molecule has 3 aliphatic rings. The lowest BCUT2D eigenvalue weighted by atomic mass is 9.84. The molecule has 1 atom stereocenters. The van der Waals surface area contributed by atoms with Crippen LogP contribution in [0.1, 0.15) is 26.7 Å². The van der Waals surface area contributed by atoms with Gasteiger partial charge in [-0.1, -0.05) is 0 Å². The highest BCUT2D eigenvalue weighted by Gasteiger charge is 2.37. The molecule has 2 bridgehead atoms. The third-order valence-electron chi connectivity index (χ3n) is 4.03. The molecular formula is C12H22N2O2. The number of carbonyl (C=O) groups is 1. The van der Waals surface area contributed by atoms with Gasteiger partial charge in [0.2, 0.25) is 0 Å². The number of piperidine rings is 3. The van der Waals surface area contributed by atoms with Crippen LogP contribution in [0.4, 0.5) is 0 Å². The average molecular weight is 226 g/mol. The summed E-state index contributed by atoms with van der Waals surface area (Å²) in [5, 5.41) is 3.14. The third kappa shape index (κ3) is 2.23. The zero-order chi connectivity index (χ0) is 11.8. The largest absolute Gasteiger partial charge is 0.369 e. The first-order valence-electron chi connectivity index (χ1n) is 6.11. The van der Waals surface area contributed by atoms with E-state index in [9.17, 15) is 4.79 Å². The first kappa shape index (κ1) is 11.9. The molecule has 0 aromatic heterocycles. The number of fused-ring (bicyclic) bond motifs is 3. The molecule has 3 fully saturated rings. The maximum atomic E-state index is 12.0. The molecule has 92 valence electrons. The zero-order valence-electron chi connectivity index (χ0n) is 10.5. The van der Waals surface area contributed by atoms with E-state index in [1.54, 1.807) is 7.11 Å². The van der Waals surface area contributed by atoms with Gasteiger partial charge in [-0.2, -0.15) is 0 Å². The number of methoxy groups -OCH3 is 1. The summed E-state index contributed by atoms with van der Waals surface area (Å²) in [5.41, 5.74) is -0.716. The molecule has 4 heteroatoms. The summed E-state index contributed by atoms with van der Waals surface area (Å²) in [6, 6.07) is 0.324. The summed E-state index contributed by atoms with van der Waals surface area (Å²) in [6.07, 6.45) is 2.44. The van der Waals surface area contributed by atoms with Crippen LogP contribution in [-0.2, 0) is 9.53 Å². The second-order valence-corrected chi connectivity index (χ2v) is 5.43. The van der Waals surface area contributed by atoms with E-state index in [4.69, 9.17) is 4.74 Å². The van der Waals surface area contributed by atoms with Gasteiger partial charge in [-0.15, -0.1) is 0 Å². The van der Waals surface area contributed by atoms with Gasteiger partial charge in [-0.25, -0.2) is 0 Å². The van der Waals surface area contributed by atoms with E-state index >= 15 is 0 Å². The number of carbonyl (C=O) groups excluding carboxylic acids is 1. The van der Waals surface area contributed by atoms with Gasteiger partial charge in [-0.3, -0.25) is 4.79 Å². The van der Waals surface area contributed by atoms with Crippen molar-refractivity contribution in [2.45, 2.75) is 38.3 Å². The minimum atomic E-state index is -0.716. The molecule has 1 unspecified atom stereocenters. The molecule has 0 aliphatic carbocycles. The maximum absolute atomic E-state index is 12.0. The van der Waals surface area contributed by atoms with Gasteiger partial charge >= 0.3 is 0 Å². The number of nitrogens with one attached hydrogen (secondary N) is 1. The Kier molecular flexibility index (Phi) is 3.22. The van der Waals surface area contributed by atoms with E-state index in [1.807, 2.05) is 13.8 Å². The van der Waals surface area contributed by atoms with Crippen molar-refractivity contribution in [3.8, 4) is 0 Å². The summed E-state index contributed by atoms with van der Waals surface area (Å²) in [4.78, 5) is 14.4. The first-order valence-corrected chi connectivity index (χ1v) is 6.11. The van der Waals surface area contributed by atoms with Gasteiger partial charge in [0, 0.05) is 19.7 Å². The summed E-state index contributed by atoms with van der Waals surface area (Å²) in [6.45, 7) is 7.03. The fourth-order valence-corrected chi connectivity index (χ4v) is 2.56. The maximum Gasteiger partial charge on any atom is 0.251 e. The molecule has 1 amide bonds. The molecule has 0 aromatic rings. The van der Waals surface area contributed by atoms with Gasteiger partial charge in [0.15, 0.2) is 0 Å². The van der Waals surface area contributed by atoms with Crippen LogP contribution >= 0.6 is 0 Å². The molecule has 3 heterocycles. The molecule has 16 heavy (non-hydrogen) atoms. The van der Waals surface area contributed by atoms with Crippen LogP contribution in [-0.4, -0.2) is 49.2 Å². The number of rotatable bonds is 3. The Bertz CT molecular complexity index is 270. The number of amides is 1. The minimum absolute atomic E-state index is 0.00810. The zero-order valence-corrected chi connectivity index (χ0v) is 10.5. The molecule has 0 aromatic carbocycles. The average Bonchev–Trinajstić information content (AvgIpc) is 2.30. The number of hydrogen-bond acceptors (Lipinski definition) is 3. The number of ether oxygens (including phenoxy) is 1. The fraction of sp³-hybridized carbons (Fsp3) is 0.917. The Morgan fingerprint density at radius 3 is 2.44 bits per heavy atom. The Morgan fingerprint density at radius 2 is 2.00 bits per heavy atom. The molecule has 0 saturated carbocycles. The lowest BCUT2D eigenvalue weighted by Crippen LogP contribution is -2.60. The predicted molar refractivity (Wildman–Crippen MR) is 62.2 cm³/mol. The van der Waals surface area contributed by atoms with E-state index in [0.717, 1.165) is 6.54 Å². The Morgan fingerprint density at radius 1 is 1.38 bits per heavy atom. The van der Waals surface area contributed by atoms with Crippen molar-refractivity contribution in [2.24, 2.45) is 5.92 Å². The molecule has 1 N–H and O–H groups in total. The predicted octanol–water partition coefficient (Wildman–Crippen LogP) is 0.622. The lowest BCUT2D eigenvalue weighted by Gasteiger charge is -2.45. The van der Waals surface area contributed by atoms with Crippen molar-refractivity contribution in [1.29, 1.82) is 0 Å². The molecule has 4 nitrogen and oxygen atoms in total. The fourth-order valence-electron chi connectivity index (χ4n) is 2.56. The summed E-state index contributed by atoms with van der Waals surface area (Å²) < 4.78 is 5.20. The van der Waals surface area contributed by atoms with Crippen molar-refractivity contribution in [1.82, 2.24) is 10.2 Å². The summed E-state index contributed by atoms with van der Waals surface area (Å²) in [7, 11) is 1.58. The lowest BCUT2D eigenvalue weighted by molar-refractivity contribution is -0.141. The Balaban J connectivity index is 1.93. The number of nitrogens with zero attached hydrogens (tertiary/aromatic N) is 1. The van der Waals surface area contributed by atoms with Crippen LogP contribution in [0, 0.1) is 5.92 Å². The monoisotopic (exact) mass is 226 g/mol. The number of hydrogen-bond donors (Lipinski definition) is 1. The van der Waals surface area contributed by atoms with E-state index in [-0.39, 0.29) is 5.91 Å². The van der Waals surface area contributed by atoms with Crippen molar-refractivity contribution in [2.75, 3.05) is 26.7 Å². The molecule has 0 spiro atoms.